The van der Waals surface area contributed by atoms with Gasteiger partial charge in [0.05, 0.1) is 27.7 Å². The van der Waals surface area contributed by atoms with Crippen LogP contribution >= 0.6 is 0 Å². The van der Waals surface area contributed by atoms with Crippen LogP contribution in [0.4, 0.5) is 0 Å². The lowest BCUT2D eigenvalue weighted by molar-refractivity contribution is -0.877. The van der Waals surface area contributed by atoms with Gasteiger partial charge in [0.1, 0.15) is 0 Å². The molecule has 2 heteroatoms. The summed E-state index contributed by atoms with van der Waals surface area (Å²) in [5, 5.41) is 0. The molecule has 1 saturated carbocycles. The minimum absolute atomic E-state index is 0. The number of rotatable bonds is 2. The number of hydrogen-bond acceptors (Lipinski definition) is 0. The zero-order valence-corrected chi connectivity index (χ0v) is 11.9. The van der Waals surface area contributed by atoms with Crippen LogP contribution in [0.1, 0.15) is 19.8 Å². The van der Waals surface area contributed by atoms with Crippen LogP contribution in [-0.2, 0) is 0 Å². The summed E-state index contributed by atoms with van der Waals surface area (Å²) in [7, 11) is 6.92. The molecule has 0 aromatic rings. The summed E-state index contributed by atoms with van der Waals surface area (Å²) in [6, 6.07) is 0. The average molecular weight is 307 g/mol. The number of quaternary nitrogens is 1. The molecule has 14 heavy (non-hydrogen) atoms. The van der Waals surface area contributed by atoms with Crippen molar-refractivity contribution in [2.45, 2.75) is 19.8 Å². The lowest BCUT2D eigenvalue weighted by atomic mass is 9.77. The molecule has 3 unspecified atom stereocenters. The first-order valence-electron chi connectivity index (χ1n) is 5.38. The zero-order chi connectivity index (χ0) is 9.69. The van der Waals surface area contributed by atoms with E-state index in [1.807, 2.05) is 0 Å². The van der Waals surface area contributed by atoms with Crippen LogP contribution in [0, 0.1) is 17.3 Å². The molecule has 1 fully saturated rings. The third-order valence-corrected chi connectivity index (χ3v) is 3.63. The number of hydrogen-bond donors (Lipinski definition) is 0. The van der Waals surface area contributed by atoms with Gasteiger partial charge in [-0.3, -0.25) is 0 Å². The van der Waals surface area contributed by atoms with E-state index in [0.717, 1.165) is 16.3 Å². The van der Waals surface area contributed by atoms with Gasteiger partial charge in [-0.2, -0.15) is 0 Å². The fraction of sp³-hybridized carbons (Fsp3) is 0.833. The molecular weight excluding hydrogens is 285 g/mol. The monoisotopic (exact) mass is 307 g/mol. The van der Waals surface area contributed by atoms with E-state index < -0.39 is 0 Å². The lowest BCUT2D eigenvalue weighted by Crippen LogP contribution is -3.00. The van der Waals surface area contributed by atoms with Gasteiger partial charge < -0.3 is 28.5 Å². The standard InChI is InChI=1S/C12H22N.HI/c1-12(9-13(2,3)4)8-10-5-6-11(12)7-10;/h5-6,10-11H,7-9H2,1-4H3;1H/q+1;/p-1. The van der Waals surface area contributed by atoms with Crippen molar-refractivity contribution in [1.82, 2.24) is 0 Å². The van der Waals surface area contributed by atoms with Gasteiger partial charge >= 0.3 is 0 Å². The second-order valence-electron chi connectivity index (χ2n) is 6.29. The van der Waals surface area contributed by atoms with Gasteiger partial charge in [-0.15, -0.1) is 0 Å². The van der Waals surface area contributed by atoms with E-state index in [0.29, 0.717) is 5.41 Å². The van der Waals surface area contributed by atoms with Gasteiger partial charge in [-0.25, -0.2) is 0 Å². The van der Waals surface area contributed by atoms with E-state index in [9.17, 15) is 0 Å². The summed E-state index contributed by atoms with van der Waals surface area (Å²) in [6.45, 7) is 3.79. The van der Waals surface area contributed by atoms with Crippen molar-refractivity contribution in [2.75, 3.05) is 27.7 Å². The largest absolute Gasteiger partial charge is 1.00 e. The van der Waals surface area contributed by atoms with Crippen LogP contribution in [0.15, 0.2) is 12.2 Å². The minimum atomic E-state index is 0. The SMILES string of the molecule is CC1(C[N+](C)(C)C)CC2C=CC1C2.[I-]. The number of fused-ring (bicyclic) bond motifs is 2. The molecule has 0 amide bonds. The molecular formula is C12H22IN. The Morgan fingerprint density at radius 2 is 1.93 bits per heavy atom. The molecule has 0 heterocycles. The van der Waals surface area contributed by atoms with Crippen LogP contribution in [-0.4, -0.2) is 32.2 Å². The van der Waals surface area contributed by atoms with E-state index in [-0.39, 0.29) is 24.0 Å². The van der Waals surface area contributed by atoms with Gasteiger partial charge in [-0.1, -0.05) is 19.1 Å². The third kappa shape index (κ3) is 2.32. The quantitative estimate of drug-likeness (QED) is 0.360. The van der Waals surface area contributed by atoms with E-state index in [2.05, 4.69) is 40.2 Å². The molecule has 2 aliphatic rings. The Bertz CT molecular complexity index is 241. The molecule has 0 N–H and O–H groups in total. The Morgan fingerprint density at radius 3 is 2.29 bits per heavy atom. The van der Waals surface area contributed by atoms with Crippen molar-refractivity contribution in [2.24, 2.45) is 17.3 Å². The summed E-state index contributed by atoms with van der Waals surface area (Å²) in [4.78, 5) is 0. The molecule has 0 spiro atoms. The highest BCUT2D eigenvalue weighted by Crippen LogP contribution is 2.52. The Balaban J connectivity index is 0.000000980. The molecule has 0 aromatic carbocycles. The summed E-state index contributed by atoms with van der Waals surface area (Å²) in [5.41, 5.74) is 0.581. The summed E-state index contributed by atoms with van der Waals surface area (Å²) < 4.78 is 1.10. The first-order valence-corrected chi connectivity index (χ1v) is 5.38. The first kappa shape index (κ1) is 12.5. The molecule has 1 nitrogen and oxygen atoms in total. The second-order valence-corrected chi connectivity index (χ2v) is 6.29. The second kappa shape index (κ2) is 3.78. The van der Waals surface area contributed by atoms with Crippen LogP contribution < -0.4 is 24.0 Å². The van der Waals surface area contributed by atoms with E-state index >= 15 is 0 Å². The number of nitrogens with zero attached hydrogens (tertiary/aromatic N) is 1. The molecule has 0 aromatic heterocycles. The maximum Gasteiger partial charge on any atom is 0.0840 e. The Kier molecular flexibility index (Phi) is 3.37. The Hall–Kier alpha value is 0.430. The molecule has 82 valence electrons. The topological polar surface area (TPSA) is 0 Å². The maximum absolute atomic E-state index is 2.48. The van der Waals surface area contributed by atoms with Gasteiger partial charge in [0.2, 0.25) is 0 Å². The first-order chi connectivity index (χ1) is 5.89. The van der Waals surface area contributed by atoms with Crippen LogP contribution in [0.25, 0.3) is 0 Å². The van der Waals surface area contributed by atoms with Crippen LogP contribution in [0.2, 0.25) is 0 Å². The molecule has 0 saturated heterocycles. The smallest absolute Gasteiger partial charge is 0.0840 e. The van der Waals surface area contributed by atoms with E-state index in [4.69, 9.17) is 0 Å². The molecule has 2 rings (SSSR count). The van der Waals surface area contributed by atoms with E-state index in [1.54, 1.807) is 0 Å². The van der Waals surface area contributed by atoms with Gasteiger partial charge in [0.25, 0.3) is 0 Å². The zero-order valence-electron chi connectivity index (χ0n) is 9.76. The van der Waals surface area contributed by atoms with Crippen molar-refractivity contribution >= 4 is 0 Å². The third-order valence-electron chi connectivity index (χ3n) is 3.63. The number of allylic oxidation sites excluding steroid dienone is 2. The van der Waals surface area contributed by atoms with Crippen molar-refractivity contribution < 1.29 is 28.5 Å². The predicted octanol–water partition coefficient (Wildman–Crippen LogP) is -0.701. The molecule has 3 atom stereocenters. The minimum Gasteiger partial charge on any atom is -1.00 e. The van der Waals surface area contributed by atoms with Crippen molar-refractivity contribution in [3.63, 3.8) is 0 Å². The highest BCUT2D eigenvalue weighted by atomic mass is 127. The predicted molar refractivity (Wildman–Crippen MR) is 56.4 cm³/mol. The average Bonchev–Trinajstić information content (AvgIpc) is 2.39. The summed E-state index contributed by atoms with van der Waals surface area (Å²) >= 11 is 0. The fourth-order valence-corrected chi connectivity index (χ4v) is 3.46. The summed E-state index contributed by atoms with van der Waals surface area (Å²) in [5.74, 6) is 1.77. The van der Waals surface area contributed by atoms with Crippen molar-refractivity contribution in [3.05, 3.63) is 12.2 Å². The van der Waals surface area contributed by atoms with E-state index in [1.165, 1.54) is 19.4 Å². The molecule has 0 radical (unpaired) electrons. The normalized spacial score (nSPS) is 40.0. The van der Waals surface area contributed by atoms with Crippen LogP contribution in [0.3, 0.4) is 0 Å². The molecule has 2 bridgehead atoms. The van der Waals surface area contributed by atoms with Crippen molar-refractivity contribution in [1.29, 1.82) is 0 Å². The number of halogens is 1. The molecule has 0 aliphatic heterocycles. The summed E-state index contributed by atoms with van der Waals surface area (Å²) in [6.07, 6.45) is 7.74. The fourth-order valence-electron chi connectivity index (χ4n) is 3.46. The highest BCUT2D eigenvalue weighted by Gasteiger charge is 2.47. The van der Waals surface area contributed by atoms with Gasteiger partial charge in [0, 0.05) is 5.41 Å². The Morgan fingerprint density at radius 1 is 1.29 bits per heavy atom. The Labute approximate surface area is 105 Å². The van der Waals surface area contributed by atoms with Crippen LogP contribution in [0.5, 0.6) is 0 Å². The van der Waals surface area contributed by atoms with Crippen molar-refractivity contribution in [3.8, 4) is 0 Å². The molecule has 2 aliphatic carbocycles. The lowest BCUT2D eigenvalue weighted by Gasteiger charge is -2.38. The van der Waals surface area contributed by atoms with Gasteiger partial charge in [0.15, 0.2) is 0 Å². The highest BCUT2D eigenvalue weighted by molar-refractivity contribution is 5.14. The van der Waals surface area contributed by atoms with Gasteiger partial charge in [-0.05, 0) is 24.7 Å². The maximum atomic E-state index is 2.48.